The summed E-state index contributed by atoms with van der Waals surface area (Å²) in [5, 5.41) is 7.07. The molecule has 0 radical (unpaired) electrons. The minimum Gasteiger partial charge on any atom is -0.453 e. The van der Waals surface area contributed by atoms with Gasteiger partial charge in [-0.3, -0.25) is 9.78 Å². The van der Waals surface area contributed by atoms with Crippen LogP contribution in [0.2, 0.25) is 0 Å². The van der Waals surface area contributed by atoms with E-state index in [1.54, 1.807) is 41.3 Å². The second-order valence-electron chi connectivity index (χ2n) is 6.74. The number of hydrogen-bond acceptors (Lipinski definition) is 4. The van der Waals surface area contributed by atoms with E-state index in [0.29, 0.717) is 17.0 Å². The van der Waals surface area contributed by atoms with E-state index in [4.69, 9.17) is 4.74 Å². The number of amides is 1. The molecule has 2 aromatic carbocycles. The molecule has 6 nitrogen and oxygen atoms in total. The maximum atomic E-state index is 14.3. The molecule has 1 amide bonds. The summed E-state index contributed by atoms with van der Waals surface area (Å²) < 4.78 is 21.6. The molecule has 0 bridgehead atoms. The average Bonchev–Trinajstić information content (AvgIpc) is 3.21. The van der Waals surface area contributed by atoms with Gasteiger partial charge in [-0.25, -0.2) is 9.07 Å². The number of ether oxygens (including phenoxy) is 1. The van der Waals surface area contributed by atoms with E-state index in [0.717, 1.165) is 11.4 Å². The van der Waals surface area contributed by atoms with Gasteiger partial charge in [0, 0.05) is 29.9 Å². The first-order chi connectivity index (χ1) is 15.1. The van der Waals surface area contributed by atoms with Gasteiger partial charge in [-0.2, -0.15) is 5.10 Å². The Morgan fingerprint density at radius 3 is 2.74 bits per heavy atom. The van der Waals surface area contributed by atoms with E-state index < -0.39 is 5.82 Å². The number of benzene rings is 2. The second kappa shape index (κ2) is 9.04. The number of carbonyl (C=O) groups excluding carboxylic acids is 1. The van der Waals surface area contributed by atoms with Crippen molar-refractivity contribution in [3.05, 3.63) is 102 Å². The molecule has 31 heavy (non-hydrogen) atoms. The smallest absolute Gasteiger partial charge is 0.248 e. The van der Waals surface area contributed by atoms with Crippen LogP contribution in [0.5, 0.6) is 11.5 Å². The molecule has 2 aromatic heterocycles. The van der Waals surface area contributed by atoms with E-state index in [1.165, 1.54) is 30.5 Å². The van der Waals surface area contributed by atoms with Crippen LogP contribution in [0.1, 0.15) is 11.3 Å². The molecule has 0 fully saturated rings. The van der Waals surface area contributed by atoms with Crippen LogP contribution < -0.4 is 10.1 Å². The zero-order valence-corrected chi connectivity index (χ0v) is 16.7. The van der Waals surface area contributed by atoms with Crippen molar-refractivity contribution in [3.63, 3.8) is 0 Å². The number of aromatic nitrogens is 3. The van der Waals surface area contributed by atoms with Gasteiger partial charge in [0.2, 0.25) is 5.91 Å². The molecule has 4 aromatic rings. The van der Waals surface area contributed by atoms with Gasteiger partial charge in [0.05, 0.1) is 11.9 Å². The second-order valence-corrected chi connectivity index (χ2v) is 6.74. The molecule has 0 aliphatic rings. The van der Waals surface area contributed by atoms with Crippen LogP contribution in [-0.2, 0) is 4.79 Å². The normalized spacial score (nSPS) is 10.9. The quantitative estimate of drug-likeness (QED) is 0.443. The molecule has 0 aliphatic carbocycles. The summed E-state index contributed by atoms with van der Waals surface area (Å²) >= 11 is 0. The third-order valence-electron chi connectivity index (χ3n) is 4.44. The van der Waals surface area contributed by atoms with Crippen LogP contribution in [0, 0.1) is 12.7 Å². The molecule has 0 atom stereocenters. The van der Waals surface area contributed by atoms with E-state index >= 15 is 0 Å². The Morgan fingerprint density at radius 1 is 1.10 bits per heavy atom. The summed E-state index contributed by atoms with van der Waals surface area (Å²) in [6.07, 6.45) is 7.71. The number of rotatable bonds is 6. The highest BCUT2D eigenvalue weighted by atomic mass is 19.1. The van der Waals surface area contributed by atoms with Gasteiger partial charge in [-0.15, -0.1) is 0 Å². The molecule has 4 rings (SSSR count). The fourth-order valence-corrected chi connectivity index (χ4v) is 2.95. The average molecular weight is 414 g/mol. The van der Waals surface area contributed by atoms with Crippen molar-refractivity contribution < 1.29 is 13.9 Å². The van der Waals surface area contributed by atoms with Gasteiger partial charge in [0.25, 0.3) is 0 Å². The lowest BCUT2D eigenvalue weighted by atomic mass is 10.2. The summed E-state index contributed by atoms with van der Waals surface area (Å²) in [7, 11) is 0. The monoisotopic (exact) mass is 414 g/mol. The van der Waals surface area contributed by atoms with Crippen molar-refractivity contribution in [2.45, 2.75) is 6.92 Å². The van der Waals surface area contributed by atoms with Crippen LogP contribution in [0.4, 0.5) is 10.1 Å². The molecule has 1 N–H and O–H groups in total. The van der Waals surface area contributed by atoms with Crippen molar-refractivity contribution in [1.29, 1.82) is 0 Å². The lowest BCUT2D eigenvalue weighted by Crippen LogP contribution is -2.08. The lowest BCUT2D eigenvalue weighted by Gasteiger charge is -2.08. The predicted octanol–water partition coefficient (Wildman–Crippen LogP) is 5.16. The predicted molar refractivity (Wildman–Crippen MR) is 117 cm³/mol. The highest BCUT2D eigenvalue weighted by Gasteiger charge is 2.07. The van der Waals surface area contributed by atoms with Crippen molar-refractivity contribution in [2.24, 2.45) is 0 Å². The first kappa shape index (κ1) is 20.0. The van der Waals surface area contributed by atoms with Crippen molar-refractivity contribution >= 4 is 17.7 Å². The number of nitrogens with one attached hydrogen (secondary N) is 1. The maximum Gasteiger partial charge on any atom is 0.248 e. The standard InChI is InChI=1S/C24H19FN4O2/c1-17-11-13-27-29(17)20-5-2-4-19(15-20)28-24(30)10-8-18-7-9-23(22(25)14-18)31-21-6-3-12-26-16-21/h2-16H,1H3,(H,28,30)/b10-8+. The number of anilines is 1. The largest absolute Gasteiger partial charge is 0.453 e. The van der Waals surface area contributed by atoms with Gasteiger partial charge < -0.3 is 10.1 Å². The zero-order valence-electron chi connectivity index (χ0n) is 16.7. The Kier molecular flexibility index (Phi) is 5.84. The van der Waals surface area contributed by atoms with Gasteiger partial charge in [-0.1, -0.05) is 12.1 Å². The summed E-state index contributed by atoms with van der Waals surface area (Å²) in [6, 6.07) is 17.1. The van der Waals surface area contributed by atoms with Crippen LogP contribution in [-0.4, -0.2) is 20.7 Å². The first-order valence-electron chi connectivity index (χ1n) is 9.56. The van der Waals surface area contributed by atoms with Crippen molar-refractivity contribution in [3.8, 4) is 17.2 Å². The van der Waals surface area contributed by atoms with E-state index in [9.17, 15) is 9.18 Å². The maximum absolute atomic E-state index is 14.3. The molecule has 154 valence electrons. The Balaban J connectivity index is 1.41. The van der Waals surface area contributed by atoms with E-state index in [1.807, 2.05) is 31.2 Å². The number of nitrogens with zero attached hydrogens (tertiary/aromatic N) is 3. The minimum absolute atomic E-state index is 0.0836. The van der Waals surface area contributed by atoms with Gasteiger partial charge in [0.1, 0.15) is 5.75 Å². The third kappa shape index (κ3) is 5.02. The molecular weight excluding hydrogens is 395 g/mol. The topological polar surface area (TPSA) is 69.0 Å². The SMILES string of the molecule is Cc1ccnn1-c1cccc(NC(=O)/C=C/c2ccc(Oc3cccnc3)c(F)c2)c1. The number of carbonyl (C=O) groups is 1. The summed E-state index contributed by atoms with van der Waals surface area (Å²) in [5.41, 5.74) is 3.00. The number of hydrogen-bond donors (Lipinski definition) is 1. The lowest BCUT2D eigenvalue weighted by molar-refractivity contribution is -0.111. The molecule has 0 saturated heterocycles. The third-order valence-corrected chi connectivity index (χ3v) is 4.44. The molecule has 0 spiro atoms. The van der Waals surface area contributed by atoms with Crippen LogP contribution >= 0.6 is 0 Å². The summed E-state index contributed by atoms with van der Waals surface area (Å²) in [6.45, 7) is 1.95. The molecule has 0 aliphatic heterocycles. The van der Waals surface area contributed by atoms with Gasteiger partial charge >= 0.3 is 0 Å². The number of pyridine rings is 1. The Labute approximate surface area is 178 Å². The van der Waals surface area contributed by atoms with E-state index in [2.05, 4.69) is 15.4 Å². The molecular formula is C24H19FN4O2. The Hall–Kier alpha value is -4.26. The number of halogens is 1. The molecule has 0 saturated carbocycles. The number of aryl methyl sites for hydroxylation is 1. The van der Waals surface area contributed by atoms with Gasteiger partial charge in [0.15, 0.2) is 11.6 Å². The summed E-state index contributed by atoms with van der Waals surface area (Å²) in [4.78, 5) is 16.2. The van der Waals surface area contributed by atoms with E-state index in [-0.39, 0.29) is 11.7 Å². The summed E-state index contributed by atoms with van der Waals surface area (Å²) in [5.74, 6) is -0.337. The fraction of sp³-hybridized carbons (Fsp3) is 0.0417. The Bertz CT molecular complexity index is 1240. The fourth-order valence-electron chi connectivity index (χ4n) is 2.95. The zero-order chi connectivity index (χ0) is 21.6. The Morgan fingerprint density at radius 2 is 2.00 bits per heavy atom. The minimum atomic E-state index is -0.534. The highest BCUT2D eigenvalue weighted by molar-refractivity contribution is 6.02. The van der Waals surface area contributed by atoms with Crippen molar-refractivity contribution in [1.82, 2.24) is 14.8 Å². The highest BCUT2D eigenvalue weighted by Crippen LogP contribution is 2.25. The molecule has 2 heterocycles. The van der Waals surface area contributed by atoms with Gasteiger partial charge in [-0.05, 0) is 67.1 Å². The van der Waals surface area contributed by atoms with Crippen LogP contribution in [0.3, 0.4) is 0 Å². The van der Waals surface area contributed by atoms with Crippen LogP contribution in [0.25, 0.3) is 11.8 Å². The first-order valence-corrected chi connectivity index (χ1v) is 9.56. The molecule has 7 heteroatoms. The van der Waals surface area contributed by atoms with Crippen LogP contribution in [0.15, 0.2) is 85.3 Å². The molecule has 0 unspecified atom stereocenters. The van der Waals surface area contributed by atoms with Crippen molar-refractivity contribution in [2.75, 3.05) is 5.32 Å².